The average molecular weight is 312 g/mol. The summed E-state index contributed by atoms with van der Waals surface area (Å²) in [5, 5.41) is 0. The van der Waals surface area contributed by atoms with Crippen molar-refractivity contribution < 1.29 is 9.13 Å². The van der Waals surface area contributed by atoms with Gasteiger partial charge in [-0.3, -0.25) is 0 Å². The standard InChI is InChI=1S/C19H21FN2O/c20-11-15(12-21)14-23-19-7-6-17-13-22(9-8-16(17)10-19)18-4-2-1-3-5-18/h1-7,10-11H,8-9,12-14,21H2/b15-11+. The van der Waals surface area contributed by atoms with Gasteiger partial charge in [0.15, 0.2) is 0 Å². The molecule has 0 spiro atoms. The first-order chi connectivity index (χ1) is 11.3. The third kappa shape index (κ3) is 3.71. The predicted molar refractivity (Wildman–Crippen MR) is 91.4 cm³/mol. The molecule has 0 aromatic heterocycles. The van der Waals surface area contributed by atoms with Crippen LogP contribution in [0.3, 0.4) is 0 Å². The molecule has 2 aromatic rings. The minimum atomic E-state index is 0.174. The molecule has 4 heteroatoms. The van der Waals surface area contributed by atoms with Gasteiger partial charge in [0, 0.05) is 30.9 Å². The lowest BCUT2D eigenvalue weighted by Crippen LogP contribution is -2.30. The number of para-hydroxylation sites is 1. The number of hydrogen-bond acceptors (Lipinski definition) is 3. The number of fused-ring (bicyclic) bond motifs is 1. The van der Waals surface area contributed by atoms with Gasteiger partial charge in [0.2, 0.25) is 0 Å². The van der Waals surface area contributed by atoms with Crippen molar-refractivity contribution in [1.82, 2.24) is 0 Å². The fourth-order valence-corrected chi connectivity index (χ4v) is 2.79. The Morgan fingerprint density at radius 1 is 1.17 bits per heavy atom. The summed E-state index contributed by atoms with van der Waals surface area (Å²) < 4.78 is 18.1. The van der Waals surface area contributed by atoms with Gasteiger partial charge in [-0.2, -0.15) is 0 Å². The molecule has 0 saturated carbocycles. The minimum absolute atomic E-state index is 0.174. The maximum absolute atomic E-state index is 12.5. The number of nitrogens with zero attached hydrogens (tertiary/aromatic N) is 1. The lowest BCUT2D eigenvalue weighted by atomic mass is 9.99. The van der Waals surface area contributed by atoms with Crippen LogP contribution in [0.1, 0.15) is 11.1 Å². The van der Waals surface area contributed by atoms with Crippen molar-refractivity contribution in [2.24, 2.45) is 5.73 Å². The largest absolute Gasteiger partial charge is 0.489 e. The molecular weight excluding hydrogens is 291 g/mol. The van der Waals surface area contributed by atoms with Gasteiger partial charge in [-0.05, 0) is 41.8 Å². The van der Waals surface area contributed by atoms with Crippen LogP contribution in [0.25, 0.3) is 0 Å². The zero-order chi connectivity index (χ0) is 16.1. The van der Waals surface area contributed by atoms with Gasteiger partial charge in [0.05, 0.1) is 6.33 Å². The summed E-state index contributed by atoms with van der Waals surface area (Å²) in [6.07, 6.45) is 1.50. The van der Waals surface area contributed by atoms with E-state index in [9.17, 15) is 4.39 Å². The Balaban J connectivity index is 1.69. The van der Waals surface area contributed by atoms with E-state index in [4.69, 9.17) is 10.5 Å². The smallest absolute Gasteiger partial charge is 0.120 e. The third-order valence-corrected chi connectivity index (χ3v) is 4.15. The van der Waals surface area contributed by atoms with Gasteiger partial charge in [0.25, 0.3) is 0 Å². The number of rotatable bonds is 5. The van der Waals surface area contributed by atoms with E-state index in [1.54, 1.807) is 0 Å². The number of ether oxygens (including phenoxy) is 1. The molecule has 0 unspecified atom stereocenters. The zero-order valence-corrected chi connectivity index (χ0v) is 13.0. The molecule has 2 aromatic carbocycles. The molecule has 0 bridgehead atoms. The molecule has 0 aliphatic carbocycles. The Kier molecular flexibility index (Phi) is 4.93. The molecule has 1 aliphatic rings. The second-order valence-electron chi connectivity index (χ2n) is 5.70. The first kappa shape index (κ1) is 15.6. The van der Waals surface area contributed by atoms with Crippen molar-refractivity contribution >= 4 is 5.69 Å². The molecule has 3 rings (SSSR count). The van der Waals surface area contributed by atoms with Crippen molar-refractivity contribution in [1.29, 1.82) is 0 Å². The van der Waals surface area contributed by atoms with Crippen LogP contribution in [0.4, 0.5) is 10.1 Å². The summed E-state index contributed by atoms with van der Waals surface area (Å²) in [6.45, 7) is 2.26. The molecule has 1 aliphatic heterocycles. The summed E-state index contributed by atoms with van der Waals surface area (Å²) in [5.74, 6) is 0.768. The number of benzene rings is 2. The number of halogens is 1. The van der Waals surface area contributed by atoms with Crippen molar-refractivity contribution in [3.63, 3.8) is 0 Å². The van der Waals surface area contributed by atoms with Crippen molar-refractivity contribution in [3.05, 3.63) is 71.6 Å². The van der Waals surface area contributed by atoms with Crippen molar-refractivity contribution in [2.45, 2.75) is 13.0 Å². The highest BCUT2D eigenvalue weighted by molar-refractivity contribution is 5.50. The van der Waals surface area contributed by atoms with Gasteiger partial charge in [-0.1, -0.05) is 24.3 Å². The molecule has 120 valence electrons. The van der Waals surface area contributed by atoms with Crippen LogP contribution in [-0.2, 0) is 13.0 Å². The topological polar surface area (TPSA) is 38.5 Å². The summed E-state index contributed by atoms with van der Waals surface area (Å²) in [5.41, 5.74) is 9.75. The first-order valence-corrected chi connectivity index (χ1v) is 7.83. The fourth-order valence-electron chi connectivity index (χ4n) is 2.79. The monoisotopic (exact) mass is 312 g/mol. The summed E-state index contributed by atoms with van der Waals surface area (Å²) in [4.78, 5) is 2.38. The van der Waals surface area contributed by atoms with Gasteiger partial charge >= 0.3 is 0 Å². The van der Waals surface area contributed by atoms with E-state index in [2.05, 4.69) is 41.3 Å². The van der Waals surface area contributed by atoms with E-state index >= 15 is 0 Å². The van der Waals surface area contributed by atoms with Crippen molar-refractivity contribution in [2.75, 3.05) is 24.6 Å². The zero-order valence-electron chi connectivity index (χ0n) is 13.0. The molecule has 0 saturated heterocycles. The quantitative estimate of drug-likeness (QED) is 0.919. The lowest BCUT2D eigenvalue weighted by Gasteiger charge is -2.31. The highest BCUT2D eigenvalue weighted by Gasteiger charge is 2.17. The van der Waals surface area contributed by atoms with E-state index in [1.165, 1.54) is 16.8 Å². The van der Waals surface area contributed by atoms with Crippen LogP contribution >= 0.6 is 0 Å². The summed E-state index contributed by atoms with van der Waals surface area (Å²) >= 11 is 0. The summed E-state index contributed by atoms with van der Waals surface area (Å²) in [6, 6.07) is 16.5. The second-order valence-corrected chi connectivity index (χ2v) is 5.70. The van der Waals surface area contributed by atoms with E-state index in [0.29, 0.717) is 11.9 Å². The van der Waals surface area contributed by atoms with Crippen LogP contribution in [0.2, 0.25) is 0 Å². The highest BCUT2D eigenvalue weighted by atomic mass is 19.1. The maximum atomic E-state index is 12.5. The average Bonchev–Trinajstić information content (AvgIpc) is 2.63. The van der Waals surface area contributed by atoms with Crippen LogP contribution in [-0.4, -0.2) is 19.7 Å². The number of nitrogens with two attached hydrogens (primary N) is 1. The van der Waals surface area contributed by atoms with Gasteiger partial charge in [-0.15, -0.1) is 0 Å². The molecule has 0 radical (unpaired) electrons. The Labute approximate surface area is 136 Å². The SMILES string of the molecule is NC/C(=C\F)COc1ccc2c(c1)CCN(c1ccccc1)C2. The van der Waals surface area contributed by atoms with Gasteiger partial charge < -0.3 is 15.4 Å². The predicted octanol–water partition coefficient (Wildman–Crippen LogP) is 3.44. The third-order valence-electron chi connectivity index (χ3n) is 4.15. The molecular formula is C19H21FN2O. The molecule has 0 amide bonds. The highest BCUT2D eigenvalue weighted by Crippen LogP contribution is 2.27. The van der Waals surface area contributed by atoms with E-state index < -0.39 is 0 Å². The van der Waals surface area contributed by atoms with E-state index in [0.717, 1.165) is 25.3 Å². The van der Waals surface area contributed by atoms with E-state index in [1.807, 2.05) is 12.1 Å². The van der Waals surface area contributed by atoms with Gasteiger partial charge in [-0.25, -0.2) is 4.39 Å². The number of anilines is 1. The van der Waals surface area contributed by atoms with Crippen LogP contribution in [0, 0.1) is 0 Å². The van der Waals surface area contributed by atoms with E-state index in [-0.39, 0.29) is 13.2 Å². The lowest BCUT2D eigenvalue weighted by molar-refractivity contribution is 0.347. The molecule has 1 heterocycles. The normalized spacial score (nSPS) is 14.5. The van der Waals surface area contributed by atoms with Crippen LogP contribution in [0.5, 0.6) is 5.75 Å². The molecule has 0 fully saturated rings. The minimum Gasteiger partial charge on any atom is -0.489 e. The Bertz CT molecular complexity index is 685. The molecule has 0 atom stereocenters. The molecule has 23 heavy (non-hydrogen) atoms. The molecule has 3 nitrogen and oxygen atoms in total. The van der Waals surface area contributed by atoms with Crippen LogP contribution < -0.4 is 15.4 Å². The van der Waals surface area contributed by atoms with Gasteiger partial charge in [0.1, 0.15) is 12.4 Å². The molecule has 2 N–H and O–H groups in total. The number of hydrogen-bond donors (Lipinski definition) is 1. The first-order valence-electron chi connectivity index (χ1n) is 7.83. The fraction of sp³-hybridized carbons (Fsp3) is 0.263. The Morgan fingerprint density at radius 2 is 2.00 bits per heavy atom. The Hall–Kier alpha value is -2.33. The second kappa shape index (κ2) is 7.29. The Morgan fingerprint density at radius 3 is 2.74 bits per heavy atom. The van der Waals surface area contributed by atoms with Crippen LogP contribution in [0.15, 0.2) is 60.4 Å². The van der Waals surface area contributed by atoms with Crippen molar-refractivity contribution in [3.8, 4) is 5.75 Å². The maximum Gasteiger partial charge on any atom is 0.120 e. The summed E-state index contributed by atoms with van der Waals surface area (Å²) in [7, 11) is 0.